The largest absolute Gasteiger partial charge is 0.494 e. The second-order valence-electron chi connectivity index (χ2n) is 5.55. The van der Waals surface area contributed by atoms with E-state index in [1.165, 1.54) is 0 Å². The van der Waals surface area contributed by atoms with E-state index in [2.05, 4.69) is 10.6 Å². The maximum atomic E-state index is 12.0. The third-order valence-corrected chi connectivity index (χ3v) is 3.11. The molecular formula is C19H24N2O3. The van der Waals surface area contributed by atoms with E-state index in [-0.39, 0.29) is 18.6 Å². The summed E-state index contributed by atoms with van der Waals surface area (Å²) in [5.74, 6) is 1.43. The zero-order chi connectivity index (χ0) is 17.4. The van der Waals surface area contributed by atoms with E-state index in [0.29, 0.717) is 12.3 Å². The predicted molar refractivity (Wildman–Crippen MR) is 96.9 cm³/mol. The fourth-order valence-corrected chi connectivity index (χ4v) is 2.14. The van der Waals surface area contributed by atoms with Crippen LogP contribution in [0.1, 0.15) is 20.8 Å². The summed E-state index contributed by atoms with van der Waals surface area (Å²) in [5.41, 5.74) is 1.58. The Morgan fingerprint density at radius 3 is 2.46 bits per heavy atom. The van der Waals surface area contributed by atoms with Gasteiger partial charge >= 0.3 is 0 Å². The van der Waals surface area contributed by atoms with E-state index in [0.717, 1.165) is 17.2 Å². The van der Waals surface area contributed by atoms with Gasteiger partial charge in [0.15, 0.2) is 0 Å². The quantitative estimate of drug-likeness (QED) is 0.771. The number of anilines is 2. The van der Waals surface area contributed by atoms with Crippen LogP contribution in [-0.4, -0.2) is 25.2 Å². The van der Waals surface area contributed by atoms with Gasteiger partial charge in [-0.1, -0.05) is 6.07 Å². The number of hydrogen-bond donors (Lipinski definition) is 2. The van der Waals surface area contributed by atoms with Crippen molar-refractivity contribution in [3.63, 3.8) is 0 Å². The van der Waals surface area contributed by atoms with Crippen molar-refractivity contribution in [3.8, 4) is 11.5 Å². The normalized spacial score (nSPS) is 10.3. The average molecular weight is 328 g/mol. The van der Waals surface area contributed by atoms with Crippen LogP contribution >= 0.6 is 0 Å². The van der Waals surface area contributed by atoms with Gasteiger partial charge in [0, 0.05) is 17.4 Å². The van der Waals surface area contributed by atoms with Crippen LogP contribution in [0.2, 0.25) is 0 Å². The number of amides is 1. The maximum Gasteiger partial charge on any atom is 0.243 e. The SMILES string of the molecule is CCOc1cccc(NC(=O)CNc2ccc(OC(C)C)cc2)c1. The molecule has 0 radical (unpaired) electrons. The van der Waals surface area contributed by atoms with E-state index in [4.69, 9.17) is 9.47 Å². The highest BCUT2D eigenvalue weighted by molar-refractivity contribution is 5.93. The molecule has 0 aromatic heterocycles. The topological polar surface area (TPSA) is 59.6 Å². The summed E-state index contributed by atoms with van der Waals surface area (Å²) in [6, 6.07) is 14.9. The van der Waals surface area contributed by atoms with Crippen LogP contribution in [0.15, 0.2) is 48.5 Å². The molecule has 2 rings (SSSR count). The van der Waals surface area contributed by atoms with Crippen LogP contribution in [0.3, 0.4) is 0 Å². The fraction of sp³-hybridized carbons (Fsp3) is 0.316. The second-order valence-corrected chi connectivity index (χ2v) is 5.55. The molecule has 0 aliphatic rings. The molecule has 0 fully saturated rings. The molecule has 128 valence electrons. The minimum Gasteiger partial charge on any atom is -0.494 e. The Labute approximate surface area is 143 Å². The molecule has 0 spiro atoms. The average Bonchev–Trinajstić information content (AvgIpc) is 2.54. The van der Waals surface area contributed by atoms with Gasteiger partial charge in [-0.05, 0) is 57.2 Å². The van der Waals surface area contributed by atoms with Gasteiger partial charge in [-0.15, -0.1) is 0 Å². The first-order chi connectivity index (χ1) is 11.6. The van der Waals surface area contributed by atoms with E-state index < -0.39 is 0 Å². The number of carbonyl (C=O) groups excluding carboxylic acids is 1. The Kier molecular flexibility index (Phi) is 6.49. The van der Waals surface area contributed by atoms with Crippen LogP contribution in [0, 0.1) is 0 Å². The van der Waals surface area contributed by atoms with Crippen LogP contribution in [0.5, 0.6) is 11.5 Å². The molecule has 5 heteroatoms. The fourth-order valence-electron chi connectivity index (χ4n) is 2.14. The van der Waals surface area contributed by atoms with Crippen molar-refractivity contribution in [2.24, 2.45) is 0 Å². The summed E-state index contributed by atoms with van der Waals surface area (Å²) < 4.78 is 11.0. The maximum absolute atomic E-state index is 12.0. The highest BCUT2D eigenvalue weighted by Gasteiger charge is 2.04. The number of rotatable bonds is 8. The minimum atomic E-state index is -0.119. The molecule has 2 aromatic carbocycles. The summed E-state index contributed by atoms with van der Waals surface area (Å²) in [6.07, 6.45) is 0.141. The van der Waals surface area contributed by atoms with Crippen LogP contribution in [0.4, 0.5) is 11.4 Å². The van der Waals surface area contributed by atoms with Crippen molar-refractivity contribution >= 4 is 17.3 Å². The summed E-state index contributed by atoms with van der Waals surface area (Å²) in [4.78, 5) is 12.0. The van der Waals surface area contributed by atoms with Gasteiger partial charge in [-0.2, -0.15) is 0 Å². The molecule has 2 aromatic rings. The van der Waals surface area contributed by atoms with E-state index in [1.54, 1.807) is 6.07 Å². The first-order valence-electron chi connectivity index (χ1n) is 8.10. The molecule has 0 heterocycles. The lowest BCUT2D eigenvalue weighted by Crippen LogP contribution is -2.21. The van der Waals surface area contributed by atoms with Crippen molar-refractivity contribution in [2.75, 3.05) is 23.8 Å². The lowest BCUT2D eigenvalue weighted by atomic mass is 10.3. The monoisotopic (exact) mass is 328 g/mol. The number of nitrogens with one attached hydrogen (secondary N) is 2. The van der Waals surface area contributed by atoms with Crippen molar-refractivity contribution in [1.82, 2.24) is 0 Å². The number of hydrogen-bond acceptors (Lipinski definition) is 4. The molecule has 24 heavy (non-hydrogen) atoms. The van der Waals surface area contributed by atoms with Crippen LogP contribution in [0.25, 0.3) is 0 Å². The summed E-state index contributed by atoms with van der Waals surface area (Å²) in [6.45, 7) is 6.67. The molecule has 0 unspecified atom stereocenters. The molecule has 2 N–H and O–H groups in total. The smallest absolute Gasteiger partial charge is 0.243 e. The molecule has 0 aliphatic heterocycles. The Morgan fingerprint density at radius 2 is 1.79 bits per heavy atom. The van der Waals surface area contributed by atoms with Gasteiger partial charge in [0.1, 0.15) is 11.5 Å². The Balaban J connectivity index is 1.83. The highest BCUT2D eigenvalue weighted by Crippen LogP contribution is 2.18. The minimum absolute atomic E-state index is 0.119. The highest BCUT2D eigenvalue weighted by atomic mass is 16.5. The Bertz CT molecular complexity index is 654. The van der Waals surface area contributed by atoms with Gasteiger partial charge in [0.2, 0.25) is 5.91 Å². The van der Waals surface area contributed by atoms with E-state index >= 15 is 0 Å². The number of carbonyl (C=O) groups is 1. The molecule has 0 saturated heterocycles. The Morgan fingerprint density at radius 1 is 1.04 bits per heavy atom. The Hall–Kier alpha value is -2.69. The third-order valence-electron chi connectivity index (χ3n) is 3.11. The van der Waals surface area contributed by atoms with Gasteiger partial charge < -0.3 is 20.1 Å². The zero-order valence-corrected chi connectivity index (χ0v) is 14.3. The summed E-state index contributed by atoms with van der Waals surface area (Å²) in [7, 11) is 0. The lowest BCUT2D eigenvalue weighted by molar-refractivity contribution is -0.114. The zero-order valence-electron chi connectivity index (χ0n) is 14.3. The standard InChI is InChI=1S/C19H24N2O3/c1-4-23-18-7-5-6-16(12-18)21-19(22)13-20-15-8-10-17(11-9-15)24-14(2)3/h5-12,14,20H,4,13H2,1-3H3,(H,21,22). The first-order valence-corrected chi connectivity index (χ1v) is 8.10. The van der Waals surface area contributed by atoms with Crippen LogP contribution in [-0.2, 0) is 4.79 Å². The van der Waals surface area contributed by atoms with Crippen molar-refractivity contribution in [2.45, 2.75) is 26.9 Å². The molecule has 0 bridgehead atoms. The molecular weight excluding hydrogens is 304 g/mol. The third kappa shape index (κ3) is 5.83. The summed E-state index contributed by atoms with van der Waals surface area (Å²) >= 11 is 0. The molecule has 0 aliphatic carbocycles. The van der Waals surface area contributed by atoms with Gasteiger partial charge in [-0.3, -0.25) is 4.79 Å². The van der Waals surface area contributed by atoms with Crippen molar-refractivity contribution in [3.05, 3.63) is 48.5 Å². The first kappa shape index (κ1) is 17.7. The number of benzene rings is 2. The molecule has 1 amide bonds. The van der Waals surface area contributed by atoms with Crippen molar-refractivity contribution in [1.29, 1.82) is 0 Å². The lowest BCUT2D eigenvalue weighted by Gasteiger charge is -2.11. The van der Waals surface area contributed by atoms with E-state index in [1.807, 2.05) is 63.2 Å². The van der Waals surface area contributed by atoms with E-state index in [9.17, 15) is 4.79 Å². The predicted octanol–water partition coefficient (Wildman–Crippen LogP) is 3.92. The van der Waals surface area contributed by atoms with Gasteiger partial charge in [0.05, 0.1) is 19.3 Å². The van der Waals surface area contributed by atoms with Gasteiger partial charge in [-0.25, -0.2) is 0 Å². The van der Waals surface area contributed by atoms with Crippen LogP contribution < -0.4 is 20.1 Å². The van der Waals surface area contributed by atoms with Gasteiger partial charge in [0.25, 0.3) is 0 Å². The molecule has 5 nitrogen and oxygen atoms in total. The van der Waals surface area contributed by atoms with Crippen molar-refractivity contribution < 1.29 is 14.3 Å². The summed E-state index contributed by atoms with van der Waals surface area (Å²) in [5, 5.41) is 5.93. The molecule has 0 saturated carbocycles. The number of ether oxygens (including phenoxy) is 2. The molecule has 0 atom stereocenters. The second kappa shape index (κ2) is 8.82.